The number of nitro groups is 1. The van der Waals surface area contributed by atoms with Gasteiger partial charge in [0.2, 0.25) is 0 Å². The highest BCUT2D eigenvalue weighted by molar-refractivity contribution is 6.34. The van der Waals surface area contributed by atoms with E-state index in [1.165, 1.54) is 4.57 Å². The zero-order chi connectivity index (χ0) is 16.8. The van der Waals surface area contributed by atoms with Crippen molar-refractivity contribution >= 4 is 28.3 Å². The maximum absolute atomic E-state index is 13.0. The minimum absolute atomic E-state index is 0.0224. The van der Waals surface area contributed by atoms with Gasteiger partial charge in [0.25, 0.3) is 0 Å². The molecule has 0 saturated heterocycles. The summed E-state index contributed by atoms with van der Waals surface area (Å²) in [7, 11) is 0. The van der Waals surface area contributed by atoms with Crippen molar-refractivity contribution in [1.29, 1.82) is 0 Å². The van der Waals surface area contributed by atoms with Crippen LogP contribution < -0.4 is 0 Å². The first kappa shape index (κ1) is 16.5. The van der Waals surface area contributed by atoms with Crippen molar-refractivity contribution < 1.29 is 18.1 Å². The van der Waals surface area contributed by atoms with E-state index >= 15 is 0 Å². The molecule has 9 heteroatoms. The molecule has 0 bridgehead atoms. The van der Waals surface area contributed by atoms with Gasteiger partial charge in [-0.1, -0.05) is 25.4 Å². The number of aryl methyl sites for hydroxylation is 1. The Balaban J connectivity index is 3.00. The van der Waals surface area contributed by atoms with Crippen molar-refractivity contribution in [2.45, 2.75) is 39.4 Å². The van der Waals surface area contributed by atoms with E-state index in [4.69, 9.17) is 11.6 Å². The van der Waals surface area contributed by atoms with E-state index in [-0.39, 0.29) is 17.0 Å². The molecule has 2 aromatic rings. The number of alkyl halides is 3. The minimum Gasteiger partial charge on any atom is -0.322 e. The van der Waals surface area contributed by atoms with Crippen LogP contribution in [0.25, 0.3) is 11.0 Å². The van der Waals surface area contributed by atoms with Gasteiger partial charge in [-0.2, -0.15) is 13.2 Å². The summed E-state index contributed by atoms with van der Waals surface area (Å²) < 4.78 is 40.6. The molecule has 0 aliphatic heterocycles. The third-order valence-electron chi connectivity index (χ3n) is 3.29. The van der Waals surface area contributed by atoms with E-state index in [1.807, 2.05) is 13.8 Å². The topological polar surface area (TPSA) is 61.0 Å². The summed E-state index contributed by atoms with van der Waals surface area (Å²) in [5, 5.41) is 10.4. The molecule has 1 heterocycles. The highest BCUT2D eigenvalue weighted by Gasteiger charge is 2.39. The van der Waals surface area contributed by atoms with Crippen LogP contribution in [-0.2, 0) is 12.7 Å². The average molecular weight is 336 g/mol. The Bertz CT molecular complexity index is 753. The summed E-state index contributed by atoms with van der Waals surface area (Å²) in [4.78, 5) is 14.5. The number of nitro benzene ring substituents is 1. The number of imidazole rings is 1. The molecule has 0 fully saturated rings. The normalized spacial score (nSPS) is 12.4. The van der Waals surface area contributed by atoms with Crippen molar-refractivity contribution in [2.24, 2.45) is 0 Å². The third kappa shape index (κ3) is 2.51. The van der Waals surface area contributed by atoms with E-state index in [0.29, 0.717) is 12.4 Å². The third-order valence-corrected chi connectivity index (χ3v) is 3.68. The van der Waals surface area contributed by atoms with E-state index in [2.05, 4.69) is 4.98 Å². The Morgan fingerprint density at radius 3 is 2.45 bits per heavy atom. The first-order valence-corrected chi connectivity index (χ1v) is 6.91. The monoisotopic (exact) mass is 335 g/mol. The van der Waals surface area contributed by atoms with Crippen LogP contribution in [0.15, 0.2) is 6.07 Å². The summed E-state index contributed by atoms with van der Waals surface area (Å²) >= 11 is 5.68. The number of aromatic nitrogens is 2. The summed E-state index contributed by atoms with van der Waals surface area (Å²) in [6, 6.07) is 0.767. The molecular weight excluding hydrogens is 323 g/mol. The van der Waals surface area contributed by atoms with Gasteiger partial charge in [0.05, 0.1) is 16.0 Å². The Labute approximate surface area is 128 Å². The van der Waals surface area contributed by atoms with E-state index < -0.39 is 27.4 Å². The summed E-state index contributed by atoms with van der Waals surface area (Å²) in [5.74, 6) is 0.385. The Morgan fingerprint density at radius 2 is 2.05 bits per heavy atom. The number of hydrogen-bond acceptors (Lipinski definition) is 3. The number of halogens is 4. The molecule has 0 saturated carbocycles. The Morgan fingerprint density at radius 1 is 1.45 bits per heavy atom. The number of rotatable bonds is 3. The van der Waals surface area contributed by atoms with Crippen LogP contribution in [0.3, 0.4) is 0 Å². The van der Waals surface area contributed by atoms with Gasteiger partial charge in [0, 0.05) is 12.5 Å². The zero-order valence-corrected chi connectivity index (χ0v) is 12.8. The molecule has 0 aliphatic rings. The first-order chi connectivity index (χ1) is 10.1. The maximum Gasteiger partial charge on any atom is 0.418 e. The molecule has 0 atom stereocenters. The molecule has 0 spiro atoms. The van der Waals surface area contributed by atoms with Crippen molar-refractivity contribution in [3.05, 3.63) is 32.6 Å². The van der Waals surface area contributed by atoms with Crippen LogP contribution in [-0.4, -0.2) is 14.5 Å². The number of hydrogen-bond donors (Lipinski definition) is 0. The summed E-state index contributed by atoms with van der Waals surface area (Å²) in [6.07, 6.45) is -4.79. The van der Waals surface area contributed by atoms with Gasteiger partial charge in [-0.05, 0) is 13.0 Å². The van der Waals surface area contributed by atoms with Gasteiger partial charge < -0.3 is 4.57 Å². The van der Waals surface area contributed by atoms with Crippen LogP contribution in [0.1, 0.15) is 38.1 Å². The van der Waals surface area contributed by atoms with Gasteiger partial charge in [-0.3, -0.25) is 10.1 Å². The fourth-order valence-corrected chi connectivity index (χ4v) is 2.72. The minimum atomic E-state index is -4.79. The number of benzene rings is 1. The standard InChI is InChI=1S/C13H13ClF3N3O2/c1-4-19-10-8(18-12(19)6(2)3)5-7(13(15,16)17)9(14)11(10)20(21)22/h5-6H,4H2,1-3H3. The van der Waals surface area contributed by atoms with Crippen LogP contribution >= 0.6 is 11.6 Å². The highest BCUT2D eigenvalue weighted by atomic mass is 35.5. The number of fused-ring (bicyclic) bond motifs is 1. The van der Waals surface area contributed by atoms with Crippen molar-refractivity contribution in [3.63, 3.8) is 0 Å². The largest absolute Gasteiger partial charge is 0.418 e. The van der Waals surface area contributed by atoms with Crippen LogP contribution in [0.4, 0.5) is 18.9 Å². The van der Waals surface area contributed by atoms with Crippen molar-refractivity contribution in [3.8, 4) is 0 Å². The quantitative estimate of drug-likeness (QED) is 0.600. The predicted molar refractivity (Wildman–Crippen MR) is 76.2 cm³/mol. The lowest BCUT2D eigenvalue weighted by Gasteiger charge is -2.11. The van der Waals surface area contributed by atoms with Gasteiger partial charge in [0.1, 0.15) is 16.4 Å². The molecule has 5 nitrogen and oxygen atoms in total. The fraction of sp³-hybridized carbons (Fsp3) is 0.462. The van der Waals surface area contributed by atoms with Crippen molar-refractivity contribution in [2.75, 3.05) is 0 Å². The molecule has 2 rings (SSSR count). The van der Waals surface area contributed by atoms with Crippen molar-refractivity contribution in [1.82, 2.24) is 9.55 Å². The molecule has 0 radical (unpaired) electrons. The van der Waals surface area contributed by atoms with Gasteiger partial charge in [0.15, 0.2) is 0 Å². The fourth-order valence-electron chi connectivity index (χ4n) is 2.40. The molecule has 0 aliphatic carbocycles. The molecule has 120 valence electrons. The Kier molecular flexibility index (Phi) is 4.08. The Hall–Kier alpha value is -1.83. The maximum atomic E-state index is 13.0. The van der Waals surface area contributed by atoms with Crippen LogP contribution in [0.5, 0.6) is 0 Å². The average Bonchev–Trinajstić information content (AvgIpc) is 2.74. The molecule has 0 unspecified atom stereocenters. The molecule has 0 amide bonds. The van der Waals surface area contributed by atoms with Gasteiger partial charge in [-0.15, -0.1) is 0 Å². The molecular formula is C13H13ClF3N3O2. The number of nitrogens with zero attached hydrogens (tertiary/aromatic N) is 3. The molecule has 22 heavy (non-hydrogen) atoms. The second kappa shape index (κ2) is 5.42. The van der Waals surface area contributed by atoms with E-state index in [9.17, 15) is 23.3 Å². The predicted octanol–water partition coefficient (Wildman–Crippen LogP) is 4.76. The summed E-state index contributed by atoms with van der Waals surface area (Å²) in [6.45, 7) is 5.70. The van der Waals surface area contributed by atoms with E-state index in [0.717, 1.165) is 6.07 Å². The van der Waals surface area contributed by atoms with E-state index in [1.54, 1.807) is 6.92 Å². The van der Waals surface area contributed by atoms with Gasteiger partial charge in [-0.25, -0.2) is 4.98 Å². The lowest BCUT2D eigenvalue weighted by molar-refractivity contribution is -0.383. The zero-order valence-electron chi connectivity index (χ0n) is 12.0. The SMILES string of the molecule is CCn1c(C(C)C)nc2cc(C(F)(F)F)c(Cl)c([N+](=O)[O-])c21. The smallest absolute Gasteiger partial charge is 0.322 e. The molecule has 0 N–H and O–H groups in total. The van der Waals surface area contributed by atoms with Crippen LogP contribution in [0.2, 0.25) is 5.02 Å². The summed E-state index contributed by atoms with van der Waals surface area (Å²) in [5.41, 5.74) is -2.06. The lowest BCUT2D eigenvalue weighted by atomic mass is 10.1. The molecule has 1 aromatic heterocycles. The van der Waals surface area contributed by atoms with Gasteiger partial charge >= 0.3 is 11.9 Å². The lowest BCUT2D eigenvalue weighted by Crippen LogP contribution is -2.09. The molecule has 1 aromatic carbocycles. The second-order valence-corrected chi connectivity index (χ2v) is 5.46. The second-order valence-electron chi connectivity index (χ2n) is 5.08. The highest BCUT2D eigenvalue weighted by Crippen LogP contribution is 2.44. The van der Waals surface area contributed by atoms with Crippen LogP contribution in [0, 0.1) is 10.1 Å². The first-order valence-electron chi connectivity index (χ1n) is 6.53.